The van der Waals surface area contributed by atoms with Gasteiger partial charge in [-0.1, -0.05) is 37.6 Å². The number of nitrogens with two attached hydrogens (primary N) is 1. The van der Waals surface area contributed by atoms with Gasteiger partial charge in [0.2, 0.25) is 6.79 Å². The maximum absolute atomic E-state index is 11.4. The minimum Gasteiger partial charge on any atom is -0.453 e. The molecule has 0 spiro atoms. The Balaban J connectivity index is 2.14. The Morgan fingerprint density at radius 3 is 2.67 bits per heavy atom. The molecule has 21 heavy (non-hydrogen) atoms. The van der Waals surface area contributed by atoms with Gasteiger partial charge in [-0.15, -0.1) is 0 Å². The van der Waals surface area contributed by atoms with Gasteiger partial charge in [0, 0.05) is 22.9 Å². The van der Waals surface area contributed by atoms with Gasteiger partial charge in [0.15, 0.2) is 17.8 Å². The van der Waals surface area contributed by atoms with Crippen molar-refractivity contribution in [3.05, 3.63) is 41.5 Å². The number of rotatable bonds is 4. The fourth-order valence-corrected chi connectivity index (χ4v) is 2.62. The van der Waals surface area contributed by atoms with Crippen LogP contribution in [0.1, 0.15) is 29.3 Å². The van der Waals surface area contributed by atoms with E-state index >= 15 is 0 Å². The molecule has 0 aromatic heterocycles. The Morgan fingerprint density at radius 1 is 1.24 bits per heavy atom. The Morgan fingerprint density at radius 2 is 2.00 bits per heavy atom. The van der Waals surface area contributed by atoms with Crippen LogP contribution in [0.4, 0.5) is 5.69 Å². The molecule has 0 radical (unpaired) electrons. The van der Waals surface area contributed by atoms with E-state index in [-0.39, 0.29) is 6.79 Å². The Hall–Kier alpha value is -2.49. The second-order valence-corrected chi connectivity index (χ2v) is 5.05. The van der Waals surface area contributed by atoms with E-state index in [9.17, 15) is 4.79 Å². The van der Waals surface area contributed by atoms with Crippen molar-refractivity contribution < 1.29 is 14.3 Å². The predicted molar refractivity (Wildman–Crippen MR) is 81.8 cm³/mol. The monoisotopic (exact) mass is 283 g/mol. The van der Waals surface area contributed by atoms with Crippen molar-refractivity contribution in [1.29, 1.82) is 0 Å². The largest absolute Gasteiger partial charge is 0.453 e. The molecule has 0 bridgehead atoms. The highest BCUT2D eigenvalue weighted by Crippen LogP contribution is 2.45. The number of hydrogen-bond acceptors (Lipinski definition) is 4. The third-order valence-electron chi connectivity index (χ3n) is 3.63. The molecule has 1 aliphatic rings. The second-order valence-electron chi connectivity index (χ2n) is 5.05. The van der Waals surface area contributed by atoms with Crippen LogP contribution >= 0.6 is 0 Å². The highest BCUT2D eigenvalue weighted by atomic mass is 16.7. The summed E-state index contributed by atoms with van der Waals surface area (Å²) in [6.45, 7) is 2.30. The molecule has 0 saturated carbocycles. The normalized spacial score (nSPS) is 12.4. The summed E-state index contributed by atoms with van der Waals surface area (Å²) in [4.78, 5) is 11.4. The molecule has 2 aromatic rings. The Bertz CT molecular complexity index is 677. The number of anilines is 1. The van der Waals surface area contributed by atoms with Gasteiger partial charge in [-0.25, -0.2) is 0 Å². The number of ether oxygens (including phenoxy) is 2. The molecule has 0 unspecified atom stereocenters. The molecule has 108 valence electrons. The highest BCUT2D eigenvalue weighted by Gasteiger charge is 2.24. The summed E-state index contributed by atoms with van der Waals surface area (Å²) in [5.74, 6) is 1.18. The van der Waals surface area contributed by atoms with Crippen LogP contribution in [0.5, 0.6) is 11.5 Å². The molecule has 3 rings (SSSR count). The lowest BCUT2D eigenvalue weighted by Gasteiger charge is -2.12. The van der Waals surface area contributed by atoms with E-state index in [4.69, 9.17) is 15.2 Å². The minimum atomic E-state index is 0.151. The number of carbonyl (C=O) groups is 1. The van der Waals surface area contributed by atoms with Crippen molar-refractivity contribution in [2.45, 2.75) is 19.8 Å². The molecule has 1 heterocycles. The Kier molecular flexibility index (Phi) is 3.52. The molecule has 2 N–H and O–H groups in total. The third-order valence-corrected chi connectivity index (χ3v) is 3.63. The maximum atomic E-state index is 11.4. The molecule has 4 nitrogen and oxygen atoms in total. The zero-order valence-electron chi connectivity index (χ0n) is 11.9. The molecule has 0 amide bonds. The molecule has 0 fully saturated rings. The van der Waals surface area contributed by atoms with Crippen LogP contribution in [0.15, 0.2) is 30.3 Å². The third kappa shape index (κ3) is 2.33. The van der Waals surface area contributed by atoms with Crippen molar-refractivity contribution >= 4 is 12.0 Å². The summed E-state index contributed by atoms with van der Waals surface area (Å²) in [6.07, 6.45) is 2.91. The summed E-state index contributed by atoms with van der Waals surface area (Å²) in [6, 6.07) is 9.77. The van der Waals surface area contributed by atoms with E-state index in [0.717, 1.165) is 24.7 Å². The number of aryl methyl sites for hydroxylation is 1. The van der Waals surface area contributed by atoms with Crippen LogP contribution in [-0.2, 0) is 6.42 Å². The van der Waals surface area contributed by atoms with Gasteiger partial charge in [0.1, 0.15) is 0 Å². The smallest absolute Gasteiger partial charge is 0.231 e. The number of nitrogen functional groups attached to an aromatic ring is 1. The first-order valence-corrected chi connectivity index (χ1v) is 7.01. The van der Waals surface area contributed by atoms with Crippen LogP contribution in [0.2, 0.25) is 0 Å². The molecular weight excluding hydrogens is 266 g/mol. The average molecular weight is 283 g/mol. The van der Waals surface area contributed by atoms with Crippen molar-refractivity contribution in [2.24, 2.45) is 0 Å². The van der Waals surface area contributed by atoms with Gasteiger partial charge in [-0.2, -0.15) is 0 Å². The van der Waals surface area contributed by atoms with Crippen molar-refractivity contribution in [2.75, 3.05) is 12.5 Å². The van der Waals surface area contributed by atoms with Crippen LogP contribution in [0, 0.1) is 0 Å². The lowest BCUT2D eigenvalue weighted by atomic mass is 9.96. The molecule has 0 aliphatic carbocycles. The predicted octanol–water partition coefficient (Wildman–Crippen LogP) is 3.43. The van der Waals surface area contributed by atoms with Crippen LogP contribution in [0.3, 0.4) is 0 Å². The Labute approximate surface area is 123 Å². The SMILES string of the molecule is CCCc1ccc(-c2c(C=O)c(N)cc3c2OCO3)cc1. The zero-order valence-corrected chi connectivity index (χ0v) is 11.9. The number of aldehydes is 1. The molecule has 0 atom stereocenters. The van der Waals surface area contributed by atoms with E-state index in [1.807, 2.05) is 12.1 Å². The van der Waals surface area contributed by atoms with Gasteiger partial charge < -0.3 is 15.2 Å². The van der Waals surface area contributed by atoms with E-state index in [2.05, 4.69) is 19.1 Å². The van der Waals surface area contributed by atoms with Gasteiger partial charge in [-0.05, 0) is 17.5 Å². The summed E-state index contributed by atoms with van der Waals surface area (Å²) >= 11 is 0. The van der Waals surface area contributed by atoms with Gasteiger partial charge in [0.25, 0.3) is 0 Å². The number of hydrogen-bond donors (Lipinski definition) is 1. The minimum absolute atomic E-state index is 0.151. The molecular formula is C17H17NO3. The fourth-order valence-electron chi connectivity index (χ4n) is 2.62. The highest BCUT2D eigenvalue weighted by molar-refractivity contribution is 5.98. The van der Waals surface area contributed by atoms with Crippen LogP contribution < -0.4 is 15.2 Å². The fraction of sp³-hybridized carbons (Fsp3) is 0.235. The number of fused-ring (bicyclic) bond motifs is 1. The summed E-state index contributed by atoms with van der Waals surface area (Å²) in [7, 11) is 0. The summed E-state index contributed by atoms with van der Waals surface area (Å²) < 4.78 is 10.9. The quantitative estimate of drug-likeness (QED) is 0.689. The van der Waals surface area contributed by atoms with E-state index in [1.165, 1.54) is 5.56 Å². The summed E-state index contributed by atoms with van der Waals surface area (Å²) in [5, 5.41) is 0. The van der Waals surface area contributed by atoms with Gasteiger partial charge in [-0.3, -0.25) is 4.79 Å². The van der Waals surface area contributed by atoms with E-state index < -0.39 is 0 Å². The second kappa shape index (κ2) is 5.48. The van der Waals surface area contributed by atoms with Gasteiger partial charge >= 0.3 is 0 Å². The first-order valence-electron chi connectivity index (χ1n) is 7.01. The maximum Gasteiger partial charge on any atom is 0.231 e. The van der Waals surface area contributed by atoms with Crippen molar-refractivity contribution in [3.8, 4) is 22.6 Å². The molecule has 1 aliphatic heterocycles. The topological polar surface area (TPSA) is 61.6 Å². The summed E-state index contributed by atoms with van der Waals surface area (Å²) in [5.41, 5.74) is 9.69. The van der Waals surface area contributed by atoms with Crippen LogP contribution in [0.25, 0.3) is 11.1 Å². The number of carbonyl (C=O) groups excluding carboxylic acids is 1. The number of benzene rings is 2. The molecule has 4 heteroatoms. The van der Waals surface area contributed by atoms with Crippen molar-refractivity contribution in [1.82, 2.24) is 0 Å². The van der Waals surface area contributed by atoms with E-state index in [1.54, 1.807) is 6.07 Å². The van der Waals surface area contributed by atoms with Gasteiger partial charge in [0.05, 0.1) is 0 Å². The first kappa shape index (κ1) is 13.5. The first-order chi connectivity index (χ1) is 10.2. The zero-order chi connectivity index (χ0) is 14.8. The van der Waals surface area contributed by atoms with E-state index in [0.29, 0.717) is 28.3 Å². The molecule has 2 aromatic carbocycles. The lowest BCUT2D eigenvalue weighted by Crippen LogP contribution is -1.98. The van der Waals surface area contributed by atoms with Crippen LogP contribution in [-0.4, -0.2) is 13.1 Å². The van der Waals surface area contributed by atoms with Crippen molar-refractivity contribution in [3.63, 3.8) is 0 Å². The standard InChI is InChI=1S/C17H17NO3/c1-2-3-11-4-6-12(7-5-11)16-13(9-19)14(18)8-15-17(16)21-10-20-15/h4-9H,2-3,10,18H2,1H3. The molecule has 0 saturated heterocycles. The lowest BCUT2D eigenvalue weighted by molar-refractivity contribution is 0.112. The average Bonchev–Trinajstić information content (AvgIpc) is 2.95.